The van der Waals surface area contributed by atoms with E-state index in [2.05, 4.69) is 12.2 Å². The second kappa shape index (κ2) is 6.21. The Morgan fingerprint density at radius 3 is 3.11 bits per heavy atom. The van der Waals surface area contributed by atoms with Crippen molar-refractivity contribution < 1.29 is 4.79 Å². The lowest BCUT2D eigenvalue weighted by atomic mass is 10.1. The fourth-order valence-electron chi connectivity index (χ4n) is 2.26. The van der Waals surface area contributed by atoms with Crippen LogP contribution in [0, 0.1) is 0 Å². The Balaban J connectivity index is 1.84. The van der Waals surface area contributed by atoms with E-state index in [1.54, 1.807) is 0 Å². The highest BCUT2D eigenvalue weighted by Gasteiger charge is 2.19. The molecule has 98 valence electrons. The molecule has 1 heterocycles. The summed E-state index contributed by atoms with van der Waals surface area (Å²) in [5.74, 6) is 0.239. The molecule has 0 radical (unpaired) electrons. The van der Waals surface area contributed by atoms with E-state index in [0.29, 0.717) is 12.5 Å². The van der Waals surface area contributed by atoms with Crippen molar-refractivity contribution in [2.75, 3.05) is 19.6 Å². The SMILES string of the molecule is C[C@@H]1CN(C(=O)CCc2cccc(Cl)c2)CCN1. The molecule has 4 heteroatoms. The third kappa shape index (κ3) is 3.72. The zero-order chi connectivity index (χ0) is 13.0. The van der Waals surface area contributed by atoms with Gasteiger partial charge in [0.1, 0.15) is 0 Å². The molecule has 1 aromatic carbocycles. The van der Waals surface area contributed by atoms with Crippen LogP contribution in [0.2, 0.25) is 5.02 Å². The monoisotopic (exact) mass is 266 g/mol. The maximum atomic E-state index is 12.1. The van der Waals surface area contributed by atoms with E-state index in [9.17, 15) is 4.79 Å². The molecule has 0 spiro atoms. The zero-order valence-corrected chi connectivity index (χ0v) is 11.4. The van der Waals surface area contributed by atoms with Crippen LogP contribution in [0.4, 0.5) is 0 Å². The maximum Gasteiger partial charge on any atom is 0.222 e. The Bertz CT molecular complexity index is 422. The highest BCUT2D eigenvalue weighted by atomic mass is 35.5. The van der Waals surface area contributed by atoms with Crippen LogP contribution in [-0.2, 0) is 11.2 Å². The number of halogens is 1. The van der Waals surface area contributed by atoms with E-state index in [4.69, 9.17) is 11.6 Å². The number of rotatable bonds is 3. The molecule has 0 aliphatic carbocycles. The third-order valence-corrected chi connectivity index (χ3v) is 3.47. The van der Waals surface area contributed by atoms with Gasteiger partial charge in [-0.15, -0.1) is 0 Å². The van der Waals surface area contributed by atoms with Crippen molar-refractivity contribution in [2.24, 2.45) is 0 Å². The molecule has 1 aliphatic heterocycles. The minimum absolute atomic E-state index is 0.239. The number of hydrogen-bond donors (Lipinski definition) is 1. The molecule has 3 nitrogen and oxygen atoms in total. The van der Waals surface area contributed by atoms with Crippen LogP contribution in [0.25, 0.3) is 0 Å². The summed E-state index contributed by atoms with van der Waals surface area (Å²) < 4.78 is 0. The Labute approximate surface area is 113 Å². The molecule has 0 unspecified atom stereocenters. The van der Waals surface area contributed by atoms with Gasteiger partial charge < -0.3 is 10.2 Å². The lowest BCUT2D eigenvalue weighted by Crippen LogP contribution is -2.51. The van der Waals surface area contributed by atoms with Gasteiger partial charge in [0.25, 0.3) is 0 Å². The summed E-state index contributed by atoms with van der Waals surface area (Å²) in [7, 11) is 0. The Morgan fingerprint density at radius 2 is 2.39 bits per heavy atom. The molecule has 2 rings (SSSR count). The molecule has 0 saturated carbocycles. The summed E-state index contributed by atoms with van der Waals surface area (Å²) in [5, 5.41) is 4.07. The number of carbonyl (C=O) groups excluding carboxylic acids is 1. The van der Waals surface area contributed by atoms with E-state index in [0.717, 1.165) is 36.6 Å². The van der Waals surface area contributed by atoms with Gasteiger partial charge in [-0.05, 0) is 31.0 Å². The van der Waals surface area contributed by atoms with E-state index in [1.807, 2.05) is 29.2 Å². The van der Waals surface area contributed by atoms with Crippen LogP contribution >= 0.6 is 11.6 Å². The summed E-state index contributed by atoms with van der Waals surface area (Å²) in [4.78, 5) is 14.0. The smallest absolute Gasteiger partial charge is 0.222 e. The first-order valence-corrected chi connectivity index (χ1v) is 6.78. The van der Waals surface area contributed by atoms with Crippen molar-refractivity contribution in [1.29, 1.82) is 0 Å². The molecule has 1 fully saturated rings. The van der Waals surface area contributed by atoms with Gasteiger partial charge in [0.05, 0.1) is 0 Å². The second-order valence-electron chi connectivity index (χ2n) is 4.82. The minimum Gasteiger partial charge on any atom is -0.340 e. The Hall–Kier alpha value is -1.06. The zero-order valence-electron chi connectivity index (χ0n) is 10.7. The van der Waals surface area contributed by atoms with Crippen LogP contribution < -0.4 is 5.32 Å². The lowest BCUT2D eigenvalue weighted by Gasteiger charge is -2.32. The average Bonchev–Trinajstić information content (AvgIpc) is 2.36. The van der Waals surface area contributed by atoms with Gasteiger partial charge in [0, 0.05) is 37.1 Å². The second-order valence-corrected chi connectivity index (χ2v) is 5.26. The van der Waals surface area contributed by atoms with Crippen molar-refractivity contribution in [3.63, 3.8) is 0 Å². The average molecular weight is 267 g/mol. The van der Waals surface area contributed by atoms with Gasteiger partial charge in [-0.3, -0.25) is 4.79 Å². The number of aryl methyl sites for hydroxylation is 1. The van der Waals surface area contributed by atoms with Crippen LogP contribution in [0.1, 0.15) is 18.9 Å². The molecule has 1 aliphatic rings. The van der Waals surface area contributed by atoms with E-state index in [-0.39, 0.29) is 5.91 Å². The van der Waals surface area contributed by atoms with Crippen molar-refractivity contribution in [3.8, 4) is 0 Å². The number of carbonyl (C=O) groups is 1. The molecular formula is C14H19ClN2O. The Kier molecular flexibility index (Phi) is 4.61. The van der Waals surface area contributed by atoms with Gasteiger partial charge in [-0.2, -0.15) is 0 Å². The molecule has 18 heavy (non-hydrogen) atoms. The number of hydrogen-bond acceptors (Lipinski definition) is 2. The van der Waals surface area contributed by atoms with Gasteiger partial charge in [-0.25, -0.2) is 0 Å². The van der Waals surface area contributed by atoms with Crippen molar-refractivity contribution >= 4 is 17.5 Å². The summed E-state index contributed by atoms with van der Waals surface area (Å²) >= 11 is 5.92. The minimum atomic E-state index is 0.239. The molecule has 1 aromatic rings. The van der Waals surface area contributed by atoms with Crippen LogP contribution in [0.3, 0.4) is 0 Å². The van der Waals surface area contributed by atoms with Crippen LogP contribution in [-0.4, -0.2) is 36.5 Å². The largest absolute Gasteiger partial charge is 0.340 e. The molecule has 1 N–H and O–H groups in total. The molecule has 0 bridgehead atoms. The van der Waals surface area contributed by atoms with E-state index < -0.39 is 0 Å². The van der Waals surface area contributed by atoms with Gasteiger partial charge in [0.15, 0.2) is 0 Å². The van der Waals surface area contributed by atoms with E-state index in [1.165, 1.54) is 0 Å². The van der Waals surface area contributed by atoms with Crippen molar-refractivity contribution in [3.05, 3.63) is 34.9 Å². The third-order valence-electron chi connectivity index (χ3n) is 3.24. The number of benzene rings is 1. The molecule has 1 atom stereocenters. The maximum absolute atomic E-state index is 12.1. The molecule has 0 aromatic heterocycles. The topological polar surface area (TPSA) is 32.3 Å². The number of amides is 1. The van der Waals surface area contributed by atoms with E-state index >= 15 is 0 Å². The highest BCUT2D eigenvalue weighted by molar-refractivity contribution is 6.30. The predicted octanol–water partition coefficient (Wildman–Crippen LogP) is 2.09. The quantitative estimate of drug-likeness (QED) is 0.909. The predicted molar refractivity (Wildman–Crippen MR) is 73.8 cm³/mol. The first-order chi connectivity index (χ1) is 8.65. The van der Waals surface area contributed by atoms with Crippen molar-refractivity contribution in [1.82, 2.24) is 10.2 Å². The number of nitrogens with one attached hydrogen (secondary N) is 1. The Morgan fingerprint density at radius 1 is 1.56 bits per heavy atom. The van der Waals surface area contributed by atoms with Crippen molar-refractivity contribution in [2.45, 2.75) is 25.8 Å². The summed E-state index contributed by atoms with van der Waals surface area (Å²) in [6, 6.07) is 8.11. The number of piperazine rings is 1. The normalized spacial score (nSPS) is 19.9. The fraction of sp³-hybridized carbons (Fsp3) is 0.500. The fourth-order valence-corrected chi connectivity index (χ4v) is 2.47. The number of nitrogens with zero attached hydrogens (tertiary/aromatic N) is 1. The van der Waals surface area contributed by atoms with Gasteiger partial charge in [0.2, 0.25) is 5.91 Å². The summed E-state index contributed by atoms with van der Waals surface area (Å²) in [5.41, 5.74) is 1.12. The first kappa shape index (κ1) is 13.4. The van der Waals surface area contributed by atoms with Crippen LogP contribution in [0.15, 0.2) is 24.3 Å². The molecule has 1 amide bonds. The van der Waals surface area contributed by atoms with Gasteiger partial charge >= 0.3 is 0 Å². The standard InChI is InChI=1S/C14H19ClN2O/c1-11-10-17(8-7-16-11)14(18)6-5-12-3-2-4-13(15)9-12/h2-4,9,11,16H,5-8,10H2,1H3/t11-/m1/s1. The highest BCUT2D eigenvalue weighted by Crippen LogP contribution is 2.13. The molecule has 1 saturated heterocycles. The lowest BCUT2D eigenvalue weighted by molar-refractivity contribution is -0.132. The summed E-state index contributed by atoms with van der Waals surface area (Å²) in [6.45, 7) is 4.63. The van der Waals surface area contributed by atoms with Gasteiger partial charge in [-0.1, -0.05) is 23.7 Å². The molecular weight excluding hydrogens is 248 g/mol. The first-order valence-electron chi connectivity index (χ1n) is 6.41. The van der Waals surface area contributed by atoms with Crippen LogP contribution in [0.5, 0.6) is 0 Å². The summed E-state index contributed by atoms with van der Waals surface area (Å²) in [6.07, 6.45) is 1.32.